The van der Waals surface area contributed by atoms with Crippen LogP contribution in [0, 0.1) is 11.3 Å². The Balaban J connectivity index is 2.60. The van der Waals surface area contributed by atoms with Crippen LogP contribution in [0.1, 0.15) is 29.3 Å². The predicted octanol–water partition coefficient (Wildman–Crippen LogP) is 0.514. The van der Waals surface area contributed by atoms with Gasteiger partial charge in [-0.2, -0.15) is 5.26 Å². The topological polar surface area (TPSA) is 110 Å². The number of carboxylic acids is 1. The molecular weight excluding hydrogens is 248 g/mol. The molecule has 100 valence electrons. The van der Waals surface area contributed by atoms with E-state index in [0.717, 1.165) is 0 Å². The minimum atomic E-state index is -1.51. The van der Waals surface area contributed by atoms with Crippen molar-refractivity contribution in [2.24, 2.45) is 0 Å². The first-order valence-electron chi connectivity index (χ1n) is 5.56. The van der Waals surface area contributed by atoms with Crippen LogP contribution in [0.2, 0.25) is 0 Å². The van der Waals surface area contributed by atoms with Crippen molar-refractivity contribution in [3.05, 3.63) is 35.4 Å². The number of benzene rings is 1. The number of aliphatic carboxylic acids is 1. The van der Waals surface area contributed by atoms with Crippen molar-refractivity contribution in [1.29, 1.82) is 5.26 Å². The Morgan fingerprint density at radius 1 is 1.37 bits per heavy atom. The lowest BCUT2D eigenvalue weighted by atomic mass is 10.0. The Hall–Kier alpha value is -2.39. The Labute approximate surface area is 110 Å². The van der Waals surface area contributed by atoms with E-state index in [1.54, 1.807) is 0 Å². The number of carbonyl (C=O) groups is 2. The monoisotopic (exact) mass is 262 g/mol. The third-order valence-electron chi connectivity index (χ3n) is 2.44. The van der Waals surface area contributed by atoms with Crippen LogP contribution in [0.5, 0.6) is 0 Å². The maximum Gasteiger partial charge on any atom is 0.306 e. The number of carboxylic acid groups (broad SMARTS) is 1. The minimum absolute atomic E-state index is 0.169. The van der Waals surface area contributed by atoms with E-state index in [4.69, 9.17) is 10.4 Å². The molecule has 0 radical (unpaired) electrons. The highest BCUT2D eigenvalue weighted by atomic mass is 16.4. The van der Waals surface area contributed by atoms with Crippen LogP contribution < -0.4 is 5.32 Å². The van der Waals surface area contributed by atoms with E-state index in [2.05, 4.69) is 5.32 Å². The SMILES string of the molecule is CC(O)(CNC(=O)c1ccc(C#N)cc1)CC(=O)O. The van der Waals surface area contributed by atoms with E-state index in [9.17, 15) is 14.7 Å². The van der Waals surface area contributed by atoms with E-state index in [0.29, 0.717) is 11.1 Å². The molecule has 0 aromatic heterocycles. The average molecular weight is 262 g/mol. The largest absolute Gasteiger partial charge is 0.481 e. The zero-order valence-electron chi connectivity index (χ0n) is 10.4. The van der Waals surface area contributed by atoms with Crippen LogP contribution in [0.15, 0.2) is 24.3 Å². The van der Waals surface area contributed by atoms with Gasteiger partial charge in [0.1, 0.15) is 0 Å². The maximum absolute atomic E-state index is 11.7. The van der Waals surface area contributed by atoms with Crippen molar-refractivity contribution in [3.63, 3.8) is 0 Å². The Morgan fingerprint density at radius 2 is 1.95 bits per heavy atom. The molecule has 19 heavy (non-hydrogen) atoms. The Kier molecular flexibility index (Phi) is 4.62. The number of nitrogens with zero attached hydrogens (tertiary/aromatic N) is 1. The van der Waals surface area contributed by atoms with Crippen molar-refractivity contribution in [1.82, 2.24) is 5.32 Å². The molecule has 1 aromatic carbocycles. The molecule has 0 bridgehead atoms. The normalized spacial score (nSPS) is 13.1. The lowest BCUT2D eigenvalue weighted by Gasteiger charge is -2.21. The molecule has 0 spiro atoms. The average Bonchev–Trinajstić information content (AvgIpc) is 2.34. The van der Waals surface area contributed by atoms with Gasteiger partial charge in [-0.3, -0.25) is 9.59 Å². The number of nitriles is 1. The highest BCUT2D eigenvalue weighted by Crippen LogP contribution is 2.08. The van der Waals surface area contributed by atoms with E-state index in [1.165, 1.54) is 31.2 Å². The number of nitrogens with one attached hydrogen (secondary N) is 1. The quantitative estimate of drug-likeness (QED) is 0.716. The van der Waals surface area contributed by atoms with Gasteiger partial charge >= 0.3 is 5.97 Å². The molecule has 1 rings (SSSR count). The molecule has 3 N–H and O–H groups in total. The fourth-order valence-electron chi connectivity index (χ4n) is 1.46. The first kappa shape index (κ1) is 14.7. The van der Waals surface area contributed by atoms with Gasteiger partial charge in [-0.25, -0.2) is 0 Å². The predicted molar refractivity (Wildman–Crippen MR) is 66.4 cm³/mol. The lowest BCUT2D eigenvalue weighted by molar-refractivity contribution is -0.141. The zero-order valence-corrected chi connectivity index (χ0v) is 10.4. The number of amides is 1. The van der Waals surface area contributed by atoms with Crippen LogP contribution in [0.4, 0.5) is 0 Å². The van der Waals surface area contributed by atoms with Gasteiger partial charge < -0.3 is 15.5 Å². The second-order valence-electron chi connectivity index (χ2n) is 4.44. The van der Waals surface area contributed by atoms with Crippen LogP contribution in [-0.2, 0) is 4.79 Å². The van der Waals surface area contributed by atoms with Gasteiger partial charge in [0.05, 0.1) is 23.7 Å². The van der Waals surface area contributed by atoms with Gasteiger partial charge in [0.15, 0.2) is 0 Å². The molecule has 6 heteroatoms. The molecule has 0 aliphatic rings. The van der Waals surface area contributed by atoms with Gasteiger partial charge in [0.2, 0.25) is 0 Å². The second kappa shape index (κ2) is 5.98. The molecule has 1 atom stereocenters. The number of aliphatic hydroxyl groups is 1. The summed E-state index contributed by atoms with van der Waals surface area (Å²) in [6.07, 6.45) is -0.458. The first-order chi connectivity index (χ1) is 8.84. The summed E-state index contributed by atoms with van der Waals surface area (Å²) in [5.74, 6) is -1.58. The zero-order chi connectivity index (χ0) is 14.5. The molecule has 1 amide bonds. The number of carbonyl (C=O) groups excluding carboxylic acids is 1. The van der Waals surface area contributed by atoms with Crippen molar-refractivity contribution >= 4 is 11.9 Å². The molecule has 6 nitrogen and oxygen atoms in total. The Bertz CT molecular complexity index is 514. The maximum atomic E-state index is 11.7. The van der Waals surface area contributed by atoms with Crippen molar-refractivity contribution in [2.75, 3.05) is 6.54 Å². The molecule has 0 saturated heterocycles. The molecule has 0 saturated carbocycles. The summed E-state index contributed by atoms with van der Waals surface area (Å²) in [6, 6.07) is 7.91. The Morgan fingerprint density at radius 3 is 2.42 bits per heavy atom. The lowest BCUT2D eigenvalue weighted by Crippen LogP contribution is -2.42. The molecule has 0 aliphatic heterocycles. The summed E-state index contributed by atoms with van der Waals surface area (Å²) in [5, 5.41) is 29.4. The van der Waals surface area contributed by atoms with E-state index in [-0.39, 0.29) is 6.54 Å². The van der Waals surface area contributed by atoms with E-state index in [1.807, 2.05) is 6.07 Å². The fraction of sp³-hybridized carbons (Fsp3) is 0.308. The van der Waals surface area contributed by atoms with Gasteiger partial charge in [-0.15, -0.1) is 0 Å². The fourth-order valence-corrected chi connectivity index (χ4v) is 1.46. The third kappa shape index (κ3) is 4.77. The third-order valence-corrected chi connectivity index (χ3v) is 2.44. The highest BCUT2D eigenvalue weighted by molar-refractivity contribution is 5.94. The molecule has 0 heterocycles. The molecule has 1 aromatic rings. The summed E-state index contributed by atoms with van der Waals surface area (Å²) >= 11 is 0. The van der Waals surface area contributed by atoms with Crippen molar-refractivity contribution in [3.8, 4) is 6.07 Å². The van der Waals surface area contributed by atoms with Gasteiger partial charge in [0, 0.05) is 12.1 Å². The van der Waals surface area contributed by atoms with Crippen molar-refractivity contribution < 1.29 is 19.8 Å². The summed E-state index contributed by atoms with van der Waals surface area (Å²) in [7, 11) is 0. The second-order valence-corrected chi connectivity index (χ2v) is 4.44. The molecular formula is C13H14N2O4. The number of hydrogen-bond acceptors (Lipinski definition) is 4. The summed E-state index contributed by atoms with van der Waals surface area (Å²) in [4.78, 5) is 22.2. The van der Waals surface area contributed by atoms with Crippen LogP contribution >= 0.6 is 0 Å². The van der Waals surface area contributed by atoms with Crippen LogP contribution in [-0.4, -0.2) is 34.2 Å². The van der Waals surface area contributed by atoms with Crippen molar-refractivity contribution in [2.45, 2.75) is 18.9 Å². The van der Waals surface area contributed by atoms with Crippen LogP contribution in [0.25, 0.3) is 0 Å². The smallest absolute Gasteiger partial charge is 0.306 e. The molecule has 0 aliphatic carbocycles. The standard InChI is InChI=1S/C13H14N2O4/c1-13(19,6-11(16)17)8-15-12(18)10-4-2-9(7-14)3-5-10/h2-5,19H,6,8H2,1H3,(H,15,18)(H,16,17). The van der Waals surface area contributed by atoms with Crippen LogP contribution in [0.3, 0.4) is 0 Å². The van der Waals surface area contributed by atoms with Gasteiger partial charge in [0.25, 0.3) is 5.91 Å². The molecule has 1 unspecified atom stereocenters. The molecule has 0 fully saturated rings. The number of hydrogen-bond donors (Lipinski definition) is 3. The van der Waals surface area contributed by atoms with Gasteiger partial charge in [-0.05, 0) is 31.2 Å². The summed E-state index contributed by atoms with van der Waals surface area (Å²) < 4.78 is 0. The summed E-state index contributed by atoms with van der Waals surface area (Å²) in [5.41, 5.74) is -0.729. The van der Waals surface area contributed by atoms with E-state index < -0.39 is 23.9 Å². The van der Waals surface area contributed by atoms with Gasteiger partial charge in [-0.1, -0.05) is 0 Å². The first-order valence-corrected chi connectivity index (χ1v) is 5.56. The minimum Gasteiger partial charge on any atom is -0.481 e. The summed E-state index contributed by atoms with van der Waals surface area (Å²) in [6.45, 7) is 1.16. The highest BCUT2D eigenvalue weighted by Gasteiger charge is 2.24. The van der Waals surface area contributed by atoms with E-state index >= 15 is 0 Å². The number of rotatable bonds is 5.